The number of rotatable bonds is 5. The molecule has 0 bridgehead atoms. The predicted molar refractivity (Wildman–Crippen MR) is 115 cm³/mol. The predicted octanol–water partition coefficient (Wildman–Crippen LogP) is 1.75. The molecule has 0 radical (unpaired) electrons. The number of likely N-dealkylation sites (tertiary alicyclic amines) is 1. The van der Waals surface area contributed by atoms with E-state index in [-0.39, 0.29) is 18.0 Å². The highest BCUT2D eigenvalue weighted by atomic mass is 16.2. The summed E-state index contributed by atoms with van der Waals surface area (Å²) in [5.74, 6) is 1.09. The zero-order chi connectivity index (χ0) is 21.3. The second-order valence-electron chi connectivity index (χ2n) is 8.31. The number of urea groups is 1. The van der Waals surface area contributed by atoms with Gasteiger partial charge in [0.1, 0.15) is 11.9 Å². The van der Waals surface area contributed by atoms with Gasteiger partial charge in [0.15, 0.2) is 0 Å². The lowest BCUT2D eigenvalue weighted by molar-refractivity contribution is -0.131. The molecule has 2 atom stereocenters. The summed E-state index contributed by atoms with van der Waals surface area (Å²) < 4.78 is 1.88. The average Bonchev–Trinajstić information content (AvgIpc) is 3.42. The maximum Gasteiger partial charge on any atom is 0.318 e. The van der Waals surface area contributed by atoms with Gasteiger partial charge in [0.05, 0.1) is 5.69 Å². The molecule has 0 aliphatic carbocycles. The fourth-order valence-corrected chi connectivity index (χ4v) is 4.44. The van der Waals surface area contributed by atoms with Gasteiger partial charge in [0.25, 0.3) is 0 Å². The Morgan fingerprint density at radius 2 is 2.00 bits per heavy atom. The number of anilines is 1. The SMILES string of the molecule is Cc1cc(N2CCC(NC(=O)N(C)C3CCN(Cc4ccccc4)C3=O)C2)n(C)n1. The van der Waals surface area contributed by atoms with E-state index >= 15 is 0 Å². The van der Waals surface area contributed by atoms with Gasteiger partial charge in [-0.15, -0.1) is 0 Å². The number of carbonyl (C=O) groups excluding carboxylic acids is 2. The first-order valence-electron chi connectivity index (χ1n) is 10.5. The van der Waals surface area contributed by atoms with Gasteiger partial charge in [-0.2, -0.15) is 5.10 Å². The Hall–Kier alpha value is -3.03. The van der Waals surface area contributed by atoms with E-state index in [1.807, 2.05) is 53.9 Å². The van der Waals surface area contributed by atoms with E-state index in [0.29, 0.717) is 19.5 Å². The number of carbonyl (C=O) groups is 2. The number of aromatic nitrogens is 2. The fraction of sp³-hybridized carbons (Fsp3) is 0.500. The van der Waals surface area contributed by atoms with Crippen LogP contribution in [0.15, 0.2) is 36.4 Å². The second kappa shape index (κ2) is 8.38. The van der Waals surface area contributed by atoms with E-state index < -0.39 is 6.04 Å². The highest BCUT2D eigenvalue weighted by Crippen LogP contribution is 2.22. The van der Waals surface area contributed by atoms with Crippen LogP contribution in [0.3, 0.4) is 0 Å². The summed E-state index contributed by atoms with van der Waals surface area (Å²) in [6.07, 6.45) is 1.54. The highest BCUT2D eigenvalue weighted by molar-refractivity contribution is 5.88. The van der Waals surface area contributed by atoms with Gasteiger partial charge in [0.2, 0.25) is 5.91 Å². The van der Waals surface area contributed by atoms with E-state index in [1.54, 1.807) is 11.9 Å². The first kappa shape index (κ1) is 20.3. The Morgan fingerprint density at radius 3 is 2.70 bits per heavy atom. The van der Waals surface area contributed by atoms with Crippen molar-refractivity contribution in [2.45, 2.75) is 38.4 Å². The van der Waals surface area contributed by atoms with Crippen molar-refractivity contribution in [2.75, 3.05) is 31.6 Å². The molecule has 3 amide bonds. The molecule has 4 rings (SSSR count). The standard InChI is InChI=1S/C22H30N6O2/c1-16-13-20(26(3)24-16)27-11-9-18(15-27)23-22(30)25(2)19-10-12-28(21(19)29)14-17-7-5-4-6-8-17/h4-8,13,18-19H,9-12,14-15H2,1-3H3,(H,23,30). The summed E-state index contributed by atoms with van der Waals surface area (Å²) in [4.78, 5) is 31.3. The van der Waals surface area contributed by atoms with Gasteiger partial charge in [-0.1, -0.05) is 30.3 Å². The molecule has 2 unspecified atom stereocenters. The molecule has 2 fully saturated rings. The maximum absolute atomic E-state index is 12.9. The molecule has 2 saturated heterocycles. The van der Waals surface area contributed by atoms with Crippen LogP contribution < -0.4 is 10.2 Å². The topological polar surface area (TPSA) is 73.7 Å². The van der Waals surface area contributed by atoms with E-state index in [1.165, 1.54) is 0 Å². The number of likely N-dealkylation sites (N-methyl/N-ethyl adjacent to an activating group) is 1. The quantitative estimate of drug-likeness (QED) is 0.815. The second-order valence-corrected chi connectivity index (χ2v) is 8.31. The van der Waals surface area contributed by atoms with Crippen molar-refractivity contribution < 1.29 is 9.59 Å². The Labute approximate surface area is 177 Å². The maximum atomic E-state index is 12.9. The molecule has 3 heterocycles. The van der Waals surface area contributed by atoms with E-state index in [9.17, 15) is 9.59 Å². The first-order chi connectivity index (χ1) is 14.4. The van der Waals surface area contributed by atoms with Crippen LogP contribution in [0.4, 0.5) is 10.6 Å². The Balaban J connectivity index is 1.31. The van der Waals surface area contributed by atoms with Gasteiger partial charge in [-0.3, -0.25) is 9.48 Å². The molecule has 1 N–H and O–H groups in total. The minimum atomic E-state index is -0.397. The molecule has 0 spiro atoms. The summed E-state index contributed by atoms with van der Waals surface area (Å²) in [6.45, 7) is 4.87. The van der Waals surface area contributed by atoms with Gasteiger partial charge in [-0.05, 0) is 25.3 Å². The van der Waals surface area contributed by atoms with Crippen LogP contribution >= 0.6 is 0 Å². The number of amides is 3. The molecular weight excluding hydrogens is 380 g/mol. The Bertz CT molecular complexity index is 912. The van der Waals surface area contributed by atoms with Crippen molar-refractivity contribution in [3.63, 3.8) is 0 Å². The van der Waals surface area contributed by atoms with Crippen LogP contribution in [0.25, 0.3) is 0 Å². The van der Waals surface area contributed by atoms with Crippen LogP contribution in [0.2, 0.25) is 0 Å². The van der Waals surface area contributed by atoms with Crippen molar-refractivity contribution in [3.8, 4) is 0 Å². The summed E-state index contributed by atoms with van der Waals surface area (Å²) >= 11 is 0. The highest BCUT2D eigenvalue weighted by Gasteiger charge is 2.37. The van der Waals surface area contributed by atoms with Crippen molar-refractivity contribution in [1.29, 1.82) is 0 Å². The summed E-state index contributed by atoms with van der Waals surface area (Å²) in [6, 6.07) is 11.5. The molecular formula is C22H30N6O2. The number of nitrogens with zero attached hydrogens (tertiary/aromatic N) is 5. The molecule has 2 aliphatic rings. The third-order valence-corrected chi connectivity index (χ3v) is 6.09. The number of nitrogens with one attached hydrogen (secondary N) is 1. The normalized spacial score (nSPS) is 21.4. The molecule has 8 nitrogen and oxygen atoms in total. The molecule has 1 aromatic heterocycles. The molecule has 1 aromatic carbocycles. The zero-order valence-electron chi connectivity index (χ0n) is 17.9. The summed E-state index contributed by atoms with van der Waals surface area (Å²) in [5.41, 5.74) is 2.09. The number of benzene rings is 1. The number of hydrogen-bond acceptors (Lipinski definition) is 4. The summed E-state index contributed by atoms with van der Waals surface area (Å²) in [5, 5.41) is 7.52. The van der Waals surface area contributed by atoms with Crippen molar-refractivity contribution >= 4 is 17.8 Å². The fourth-order valence-electron chi connectivity index (χ4n) is 4.44. The number of hydrogen-bond donors (Lipinski definition) is 1. The minimum absolute atomic E-state index is 0.0231. The monoisotopic (exact) mass is 410 g/mol. The Kier molecular flexibility index (Phi) is 5.65. The lowest BCUT2D eigenvalue weighted by atomic mass is 10.2. The van der Waals surface area contributed by atoms with Crippen LogP contribution in [-0.2, 0) is 18.4 Å². The van der Waals surface area contributed by atoms with Gasteiger partial charge in [-0.25, -0.2) is 4.79 Å². The first-order valence-corrected chi connectivity index (χ1v) is 10.5. The smallest absolute Gasteiger partial charge is 0.318 e. The minimum Gasteiger partial charge on any atom is -0.355 e. The van der Waals surface area contributed by atoms with Crippen molar-refractivity contribution in [2.24, 2.45) is 7.05 Å². The molecule has 30 heavy (non-hydrogen) atoms. The lowest BCUT2D eigenvalue weighted by Gasteiger charge is -2.26. The van der Waals surface area contributed by atoms with Crippen molar-refractivity contribution in [1.82, 2.24) is 24.9 Å². The van der Waals surface area contributed by atoms with Crippen LogP contribution in [0.1, 0.15) is 24.1 Å². The average molecular weight is 411 g/mol. The largest absolute Gasteiger partial charge is 0.355 e. The molecule has 2 aliphatic heterocycles. The number of aryl methyl sites for hydroxylation is 2. The molecule has 0 saturated carbocycles. The van der Waals surface area contributed by atoms with Crippen molar-refractivity contribution in [3.05, 3.63) is 47.7 Å². The van der Waals surface area contributed by atoms with E-state index in [0.717, 1.165) is 36.6 Å². The third kappa shape index (κ3) is 4.13. The van der Waals surface area contributed by atoms with Crippen LogP contribution in [0.5, 0.6) is 0 Å². The zero-order valence-corrected chi connectivity index (χ0v) is 17.9. The molecule has 160 valence electrons. The third-order valence-electron chi connectivity index (χ3n) is 6.09. The Morgan fingerprint density at radius 1 is 1.23 bits per heavy atom. The van der Waals surface area contributed by atoms with Gasteiger partial charge in [0, 0.05) is 52.4 Å². The summed E-state index contributed by atoms with van der Waals surface area (Å²) in [7, 11) is 3.66. The van der Waals surface area contributed by atoms with Crippen LogP contribution in [-0.4, -0.2) is 70.3 Å². The van der Waals surface area contributed by atoms with E-state index in [2.05, 4.69) is 21.4 Å². The molecule has 8 heteroatoms. The van der Waals surface area contributed by atoms with Crippen LogP contribution in [0, 0.1) is 6.92 Å². The molecule has 2 aromatic rings. The van der Waals surface area contributed by atoms with Gasteiger partial charge >= 0.3 is 6.03 Å². The van der Waals surface area contributed by atoms with Gasteiger partial charge < -0.3 is 20.0 Å². The lowest BCUT2D eigenvalue weighted by Crippen LogP contribution is -2.50. The van der Waals surface area contributed by atoms with E-state index in [4.69, 9.17) is 0 Å².